The van der Waals surface area contributed by atoms with E-state index in [4.69, 9.17) is 0 Å². The highest BCUT2D eigenvalue weighted by molar-refractivity contribution is 5.99. The van der Waals surface area contributed by atoms with Crippen LogP contribution < -0.4 is 5.32 Å². The monoisotopic (exact) mass is 393 g/mol. The summed E-state index contributed by atoms with van der Waals surface area (Å²) in [6.45, 7) is 3.68. The molecule has 0 atom stereocenters. The maximum atomic E-state index is 13.6. The molecule has 1 N–H and O–H groups in total. The number of aryl methyl sites for hydroxylation is 1. The highest BCUT2D eigenvalue weighted by atomic mass is 19.2. The zero-order chi connectivity index (χ0) is 20.6. The lowest BCUT2D eigenvalue weighted by Gasteiger charge is -2.16. The maximum Gasteiger partial charge on any atom is 0.238 e. The fourth-order valence-electron chi connectivity index (χ4n) is 3.40. The van der Waals surface area contributed by atoms with Gasteiger partial charge in [0.05, 0.1) is 18.8 Å². The Hall–Kier alpha value is -2.61. The number of hydrogen-bond donors (Lipinski definition) is 1. The highest BCUT2D eigenvalue weighted by Crippen LogP contribution is 2.38. The van der Waals surface area contributed by atoms with Crippen molar-refractivity contribution < 1.29 is 22.8 Å². The summed E-state index contributed by atoms with van der Waals surface area (Å²) >= 11 is 0. The number of benzene rings is 1. The molecule has 8 heteroatoms. The van der Waals surface area contributed by atoms with E-state index in [9.17, 15) is 22.8 Å². The summed E-state index contributed by atoms with van der Waals surface area (Å²) in [5.41, 5.74) is 2.14. The van der Waals surface area contributed by atoms with Crippen molar-refractivity contribution in [2.75, 3.05) is 25.5 Å². The summed E-state index contributed by atoms with van der Waals surface area (Å²) < 4.78 is 42.0. The van der Waals surface area contributed by atoms with Gasteiger partial charge in [-0.05, 0) is 51.9 Å². The van der Waals surface area contributed by atoms with Gasteiger partial charge in [0.2, 0.25) is 5.91 Å². The summed E-state index contributed by atoms with van der Waals surface area (Å²) in [5.74, 6) is -5.19. The molecular weight excluding hydrogens is 371 g/mol. The molecule has 28 heavy (non-hydrogen) atoms. The first kappa shape index (κ1) is 20.1. The molecule has 0 aliphatic heterocycles. The first-order chi connectivity index (χ1) is 13.2. The van der Waals surface area contributed by atoms with Gasteiger partial charge < -0.3 is 9.88 Å². The quantitative estimate of drug-likeness (QED) is 0.578. The third-order valence-corrected chi connectivity index (χ3v) is 4.83. The number of anilines is 1. The van der Waals surface area contributed by atoms with Crippen LogP contribution in [-0.4, -0.2) is 41.3 Å². The summed E-state index contributed by atoms with van der Waals surface area (Å²) in [4.78, 5) is 26.2. The van der Waals surface area contributed by atoms with E-state index in [2.05, 4.69) is 9.88 Å². The molecule has 1 aliphatic rings. The number of ketones is 1. The number of likely N-dealkylation sites (N-methyl/N-ethyl adjacent to an activating group) is 1. The SMILES string of the molecule is Cc1cc(C(=O)CN(C)CC(=O)Nc2ccc(F)c(F)c2F)c(C)n1C1CC1. The van der Waals surface area contributed by atoms with Crippen LogP contribution in [0.4, 0.5) is 18.9 Å². The summed E-state index contributed by atoms with van der Waals surface area (Å²) in [6, 6.07) is 4.01. The van der Waals surface area contributed by atoms with Crippen LogP contribution in [0.1, 0.15) is 40.6 Å². The van der Waals surface area contributed by atoms with Gasteiger partial charge >= 0.3 is 0 Å². The Morgan fingerprint density at radius 3 is 2.46 bits per heavy atom. The van der Waals surface area contributed by atoms with Crippen molar-refractivity contribution in [2.24, 2.45) is 0 Å². The summed E-state index contributed by atoms with van der Waals surface area (Å²) in [7, 11) is 1.58. The van der Waals surface area contributed by atoms with Crippen molar-refractivity contribution in [3.8, 4) is 0 Å². The van der Waals surface area contributed by atoms with E-state index >= 15 is 0 Å². The van der Waals surface area contributed by atoms with Crippen molar-refractivity contribution in [1.82, 2.24) is 9.47 Å². The predicted molar refractivity (Wildman–Crippen MR) is 99.0 cm³/mol. The number of Topliss-reactive ketones (excluding diaryl/α,β-unsaturated/α-hetero) is 1. The topological polar surface area (TPSA) is 54.3 Å². The van der Waals surface area contributed by atoms with Crippen molar-refractivity contribution in [2.45, 2.75) is 32.7 Å². The molecule has 0 spiro atoms. The number of aromatic nitrogens is 1. The van der Waals surface area contributed by atoms with Gasteiger partial charge in [0.25, 0.3) is 0 Å². The number of nitrogens with one attached hydrogen (secondary N) is 1. The van der Waals surface area contributed by atoms with E-state index in [1.165, 1.54) is 4.90 Å². The Balaban J connectivity index is 1.60. The van der Waals surface area contributed by atoms with Gasteiger partial charge in [0, 0.05) is 23.0 Å². The van der Waals surface area contributed by atoms with Crippen LogP contribution in [0.3, 0.4) is 0 Å². The molecule has 0 radical (unpaired) electrons. The lowest BCUT2D eigenvalue weighted by atomic mass is 10.1. The molecule has 1 aromatic heterocycles. The predicted octanol–water partition coefficient (Wildman–Crippen LogP) is 3.61. The van der Waals surface area contributed by atoms with Crippen LogP contribution in [-0.2, 0) is 4.79 Å². The maximum absolute atomic E-state index is 13.6. The third kappa shape index (κ3) is 4.11. The molecule has 0 saturated heterocycles. The van der Waals surface area contributed by atoms with Gasteiger partial charge in [-0.25, -0.2) is 13.2 Å². The van der Waals surface area contributed by atoms with E-state index in [0.29, 0.717) is 11.6 Å². The molecule has 1 heterocycles. The third-order valence-electron chi connectivity index (χ3n) is 4.83. The van der Waals surface area contributed by atoms with Gasteiger partial charge in [0.15, 0.2) is 23.2 Å². The van der Waals surface area contributed by atoms with Gasteiger partial charge in [-0.3, -0.25) is 14.5 Å². The lowest BCUT2D eigenvalue weighted by molar-refractivity contribution is -0.116. The average Bonchev–Trinajstić information content (AvgIpc) is 3.40. The lowest BCUT2D eigenvalue weighted by Crippen LogP contribution is -2.34. The number of hydrogen-bond acceptors (Lipinski definition) is 3. The number of rotatable bonds is 7. The zero-order valence-corrected chi connectivity index (χ0v) is 16.0. The largest absolute Gasteiger partial charge is 0.345 e. The Kier molecular flexibility index (Phi) is 5.60. The molecule has 1 fully saturated rings. The molecule has 150 valence electrons. The Morgan fingerprint density at radius 2 is 1.82 bits per heavy atom. The van der Waals surface area contributed by atoms with Crippen LogP contribution in [0.5, 0.6) is 0 Å². The second-order valence-electron chi connectivity index (χ2n) is 7.25. The number of amides is 1. The van der Waals surface area contributed by atoms with Crippen LogP contribution in [0.25, 0.3) is 0 Å². The van der Waals surface area contributed by atoms with Crippen LogP contribution in [0.2, 0.25) is 0 Å². The Bertz CT molecular complexity index is 935. The summed E-state index contributed by atoms with van der Waals surface area (Å²) in [6.07, 6.45) is 2.23. The Morgan fingerprint density at radius 1 is 1.14 bits per heavy atom. The normalized spacial score (nSPS) is 13.8. The Labute approximate surface area is 161 Å². The van der Waals surface area contributed by atoms with Crippen molar-refractivity contribution in [1.29, 1.82) is 0 Å². The highest BCUT2D eigenvalue weighted by Gasteiger charge is 2.28. The fraction of sp³-hybridized carbons (Fsp3) is 0.400. The van der Waals surface area contributed by atoms with Crippen molar-refractivity contribution >= 4 is 17.4 Å². The fourth-order valence-corrected chi connectivity index (χ4v) is 3.40. The molecule has 1 aliphatic carbocycles. The molecule has 0 unspecified atom stereocenters. The van der Waals surface area contributed by atoms with E-state index in [1.54, 1.807) is 7.05 Å². The minimum Gasteiger partial charge on any atom is -0.345 e. The van der Waals surface area contributed by atoms with Gasteiger partial charge in [-0.1, -0.05) is 0 Å². The van der Waals surface area contributed by atoms with Crippen molar-refractivity contribution in [3.05, 3.63) is 52.6 Å². The van der Waals surface area contributed by atoms with E-state index in [-0.39, 0.29) is 18.9 Å². The smallest absolute Gasteiger partial charge is 0.238 e. The van der Waals surface area contributed by atoms with Gasteiger partial charge in [-0.2, -0.15) is 0 Å². The zero-order valence-electron chi connectivity index (χ0n) is 16.0. The minimum absolute atomic E-state index is 0.00262. The second kappa shape index (κ2) is 7.79. The molecule has 0 bridgehead atoms. The number of carbonyl (C=O) groups is 2. The first-order valence-electron chi connectivity index (χ1n) is 9.02. The number of halogens is 3. The van der Waals surface area contributed by atoms with Crippen LogP contribution in [0.15, 0.2) is 18.2 Å². The molecule has 1 aromatic carbocycles. The molecule has 2 aromatic rings. The van der Waals surface area contributed by atoms with Gasteiger partial charge in [-0.15, -0.1) is 0 Å². The summed E-state index contributed by atoms with van der Waals surface area (Å²) in [5, 5.41) is 2.19. The van der Waals surface area contributed by atoms with E-state index in [0.717, 1.165) is 36.4 Å². The number of carbonyl (C=O) groups excluding carboxylic acids is 2. The van der Waals surface area contributed by atoms with E-state index < -0.39 is 29.0 Å². The molecule has 3 rings (SSSR count). The van der Waals surface area contributed by atoms with Crippen LogP contribution in [0, 0.1) is 31.3 Å². The standard InChI is InChI=1S/C20H22F3N3O2/c1-11-8-14(12(2)26(11)13-4-5-13)17(27)9-25(3)10-18(28)24-16-7-6-15(21)19(22)20(16)23/h6-8,13H,4-5,9-10H2,1-3H3,(H,24,28). The second-order valence-corrected chi connectivity index (χ2v) is 7.25. The number of nitrogens with zero attached hydrogens (tertiary/aromatic N) is 2. The van der Waals surface area contributed by atoms with Gasteiger partial charge in [0.1, 0.15) is 0 Å². The molecular formula is C20H22F3N3O2. The molecule has 1 saturated carbocycles. The van der Waals surface area contributed by atoms with Crippen LogP contribution >= 0.6 is 0 Å². The molecule has 5 nitrogen and oxygen atoms in total. The molecule has 1 amide bonds. The van der Waals surface area contributed by atoms with E-state index in [1.807, 2.05) is 19.9 Å². The minimum atomic E-state index is -1.65. The van der Waals surface area contributed by atoms with Crippen molar-refractivity contribution in [3.63, 3.8) is 0 Å². The first-order valence-corrected chi connectivity index (χ1v) is 9.02. The average molecular weight is 393 g/mol.